The smallest absolute Gasteiger partial charge is 0.0747 e. The SMILES string of the molecule is C[C@@H]1CN(CCN=NN)CCN1CCNN. The van der Waals surface area contributed by atoms with Gasteiger partial charge in [0, 0.05) is 45.3 Å². The van der Waals surface area contributed by atoms with Crippen LogP contribution in [0, 0.1) is 0 Å². The molecule has 0 spiro atoms. The Balaban J connectivity index is 2.22. The first-order chi connectivity index (χ1) is 7.77. The third-order valence-corrected chi connectivity index (χ3v) is 2.99. The molecule has 1 atom stereocenters. The molecule has 1 aliphatic rings. The fourth-order valence-electron chi connectivity index (χ4n) is 2.06. The van der Waals surface area contributed by atoms with Crippen LogP contribution in [0.4, 0.5) is 0 Å². The molecule has 1 aliphatic heterocycles. The minimum Gasteiger partial charge on any atom is -0.305 e. The van der Waals surface area contributed by atoms with Crippen LogP contribution in [0.15, 0.2) is 10.3 Å². The van der Waals surface area contributed by atoms with Gasteiger partial charge in [-0.25, -0.2) is 0 Å². The van der Waals surface area contributed by atoms with E-state index in [1.165, 1.54) is 0 Å². The lowest BCUT2D eigenvalue weighted by molar-refractivity contribution is 0.0862. The van der Waals surface area contributed by atoms with Gasteiger partial charge in [0.1, 0.15) is 0 Å². The molecule has 0 aliphatic carbocycles. The molecule has 1 fully saturated rings. The molecule has 7 heteroatoms. The highest BCUT2D eigenvalue weighted by Crippen LogP contribution is 2.08. The van der Waals surface area contributed by atoms with E-state index in [0.717, 1.165) is 39.3 Å². The number of hydrogen-bond acceptors (Lipinski definition) is 6. The van der Waals surface area contributed by atoms with E-state index in [-0.39, 0.29) is 0 Å². The van der Waals surface area contributed by atoms with Gasteiger partial charge >= 0.3 is 0 Å². The number of nitrogens with zero attached hydrogens (tertiary/aromatic N) is 4. The van der Waals surface area contributed by atoms with Gasteiger partial charge < -0.3 is 5.84 Å². The first-order valence-electron chi connectivity index (χ1n) is 5.74. The molecule has 0 aromatic rings. The van der Waals surface area contributed by atoms with Crippen LogP contribution in [-0.4, -0.2) is 61.7 Å². The van der Waals surface area contributed by atoms with Gasteiger partial charge in [0.2, 0.25) is 0 Å². The van der Waals surface area contributed by atoms with Gasteiger partial charge in [0.05, 0.1) is 6.54 Å². The van der Waals surface area contributed by atoms with Crippen LogP contribution in [0.3, 0.4) is 0 Å². The van der Waals surface area contributed by atoms with Crippen LogP contribution in [0.2, 0.25) is 0 Å². The second kappa shape index (κ2) is 7.50. The Hall–Kier alpha value is -0.760. The lowest BCUT2D eigenvalue weighted by atomic mass is 10.2. The van der Waals surface area contributed by atoms with E-state index in [1.807, 2.05) is 0 Å². The van der Waals surface area contributed by atoms with Crippen molar-refractivity contribution in [3.63, 3.8) is 0 Å². The van der Waals surface area contributed by atoms with Crippen LogP contribution in [0.5, 0.6) is 0 Å². The van der Waals surface area contributed by atoms with E-state index in [2.05, 4.69) is 32.5 Å². The summed E-state index contributed by atoms with van der Waals surface area (Å²) < 4.78 is 0. The highest BCUT2D eigenvalue weighted by molar-refractivity contribution is 4.79. The average molecular weight is 229 g/mol. The maximum atomic E-state index is 5.28. The van der Waals surface area contributed by atoms with Crippen LogP contribution < -0.4 is 17.1 Å². The Kier molecular flexibility index (Phi) is 6.24. The van der Waals surface area contributed by atoms with Gasteiger partial charge in [-0.3, -0.25) is 21.1 Å². The first kappa shape index (κ1) is 13.3. The molecule has 0 bridgehead atoms. The number of rotatable bonds is 6. The fourth-order valence-corrected chi connectivity index (χ4v) is 2.06. The molecule has 0 saturated carbocycles. The number of hydrogen-bond donors (Lipinski definition) is 3. The molecule has 0 aromatic heterocycles. The quantitative estimate of drug-likeness (QED) is 0.301. The summed E-state index contributed by atoms with van der Waals surface area (Å²) in [4.78, 5) is 4.84. The number of piperazine rings is 1. The molecule has 94 valence electrons. The number of hydrazine groups is 1. The Labute approximate surface area is 96.8 Å². The molecule has 0 aromatic carbocycles. The van der Waals surface area contributed by atoms with Crippen LogP contribution in [-0.2, 0) is 0 Å². The van der Waals surface area contributed by atoms with Crippen molar-refractivity contribution in [3.8, 4) is 0 Å². The third kappa shape index (κ3) is 4.40. The standard InChI is InChI=1S/C9H23N7/c1-9-8-15(4-3-13-14-11)6-7-16(9)5-2-12-10/h9,12H,2-8,10H2,1H3,(H2,11,13)/t9-/m1/s1. The van der Waals surface area contributed by atoms with Crippen molar-refractivity contribution in [2.24, 2.45) is 22.0 Å². The van der Waals surface area contributed by atoms with E-state index in [9.17, 15) is 0 Å². The summed E-state index contributed by atoms with van der Waals surface area (Å²) in [7, 11) is 0. The summed E-state index contributed by atoms with van der Waals surface area (Å²) >= 11 is 0. The predicted molar refractivity (Wildman–Crippen MR) is 63.6 cm³/mol. The molecule has 16 heavy (non-hydrogen) atoms. The van der Waals surface area contributed by atoms with E-state index in [4.69, 9.17) is 11.7 Å². The molecular weight excluding hydrogens is 206 g/mol. The summed E-state index contributed by atoms with van der Waals surface area (Å²) in [5.41, 5.74) is 2.69. The summed E-state index contributed by atoms with van der Waals surface area (Å²) in [6, 6.07) is 0.567. The van der Waals surface area contributed by atoms with Crippen LogP contribution in [0.25, 0.3) is 0 Å². The second-order valence-corrected chi connectivity index (χ2v) is 4.12. The summed E-state index contributed by atoms with van der Waals surface area (Å²) in [5.74, 6) is 10.2. The van der Waals surface area contributed by atoms with E-state index >= 15 is 0 Å². The zero-order valence-corrected chi connectivity index (χ0v) is 9.97. The molecule has 0 unspecified atom stereocenters. The van der Waals surface area contributed by atoms with Gasteiger partial charge in [-0.15, -0.1) is 0 Å². The highest BCUT2D eigenvalue weighted by Gasteiger charge is 2.22. The molecule has 1 saturated heterocycles. The maximum Gasteiger partial charge on any atom is 0.0747 e. The lowest BCUT2D eigenvalue weighted by Gasteiger charge is -2.39. The van der Waals surface area contributed by atoms with Gasteiger partial charge in [-0.1, -0.05) is 5.22 Å². The van der Waals surface area contributed by atoms with E-state index in [0.29, 0.717) is 12.6 Å². The Morgan fingerprint density at radius 2 is 2.19 bits per heavy atom. The van der Waals surface area contributed by atoms with Crippen molar-refractivity contribution in [1.29, 1.82) is 0 Å². The van der Waals surface area contributed by atoms with Gasteiger partial charge in [-0.05, 0) is 6.92 Å². The van der Waals surface area contributed by atoms with Gasteiger partial charge in [0.25, 0.3) is 0 Å². The molecule has 1 heterocycles. The van der Waals surface area contributed by atoms with Crippen molar-refractivity contribution in [2.75, 3.05) is 45.8 Å². The minimum atomic E-state index is 0.567. The molecule has 1 rings (SSSR count). The monoisotopic (exact) mass is 229 g/mol. The summed E-state index contributed by atoms with van der Waals surface area (Å²) in [6.07, 6.45) is 0. The van der Waals surface area contributed by atoms with Crippen molar-refractivity contribution in [3.05, 3.63) is 0 Å². The average Bonchev–Trinajstić information content (AvgIpc) is 2.28. The zero-order chi connectivity index (χ0) is 11.8. The highest BCUT2D eigenvalue weighted by atomic mass is 15.3. The normalized spacial score (nSPS) is 24.2. The van der Waals surface area contributed by atoms with Crippen molar-refractivity contribution in [2.45, 2.75) is 13.0 Å². The maximum absolute atomic E-state index is 5.28. The molecule has 0 radical (unpaired) electrons. The largest absolute Gasteiger partial charge is 0.305 e. The Morgan fingerprint density at radius 1 is 1.38 bits per heavy atom. The second-order valence-electron chi connectivity index (χ2n) is 4.12. The van der Waals surface area contributed by atoms with Crippen molar-refractivity contribution in [1.82, 2.24) is 15.2 Å². The molecular formula is C9H23N7. The van der Waals surface area contributed by atoms with Crippen molar-refractivity contribution >= 4 is 0 Å². The minimum absolute atomic E-state index is 0.567. The van der Waals surface area contributed by atoms with Gasteiger partial charge in [-0.2, -0.15) is 5.11 Å². The fraction of sp³-hybridized carbons (Fsp3) is 1.00. The number of nitrogens with one attached hydrogen (secondary N) is 1. The number of nitrogens with two attached hydrogens (primary N) is 2. The molecule has 5 N–H and O–H groups in total. The first-order valence-corrected chi connectivity index (χ1v) is 5.74. The predicted octanol–water partition coefficient (Wildman–Crippen LogP) is -1.22. The van der Waals surface area contributed by atoms with Gasteiger partial charge in [0.15, 0.2) is 0 Å². The van der Waals surface area contributed by atoms with Crippen LogP contribution in [0.1, 0.15) is 6.92 Å². The zero-order valence-electron chi connectivity index (χ0n) is 9.97. The Morgan fingerprint density at radius 3 is 2.81 bits per heavy atom. The lowest BCUT2D eigenvalue weighted by Crippen LogP contribution is -2.53. The van der Waals surface area contributed by atoms with E-state index in [1.54, 1.807) is 0 Å². The molecule has 7 nitrogen and oxygen atoms in total. The van der Waals surface area contributed by atoms with E-state index < -0.39 is 0 Å². The van der Waals surface area contributed by atoms with Crippen molar-refractivity contribution < 1.29 is 0 Å². The summed E-state index contributed by atoms with van der Waals surface area (Å²) in [5, 5.41) is 7.04. The molecule has 0 amide bonds. The van der Waals surface area contributed by atoms with Crippen LogP contribution >= 0.6 is 0 Å². The topological polar surface area (TPSA) is 95.3 Å². The Bertz CT molecular complexity index is 208. The third-order valence-electron chi connectivity index (χ3n) is 2.99. The summed E-state index contributed by atoms with van der Waals surface area (Å²) in [6.45, 7) is 8.96.